The largest absolute Gasteiger partial charge is 0.748 e. The Morgan fingerprint density at radius 1 is 0.621 bits per heavy atom. The number of ether oxygens (including phenoxy) is 4. The SMILES string of the molecule is CCC(C)(C)C(=O)OC12CC3CC(C1)CC(C(=O)OC(CS(=O)(=O)[O-])(C(F)(F)F)C(F)(F)F)(C3)C2.CCC(C)c1ccc(O)cc1.CCC(C)c1ccc(OC2(C(C)C)CCCC2)cc1.CCC(C)c1ccccc1.c1ccc([S+]2c3ccccc3Oc3ccccc32)cc1. The molecule has 10 nitrogen and oxygen atoms in total. The normalized spacial score (nSPS) is 21.1. The number of esters is 2. The summed E-state index contributed by atoms with van der Waals surface area (Å²) in [5, 5.41) is 9.01. The molecule has 4 bridgehead atoms. The lowest BCUT2D eigenvalue weighted by molar-refractivity contribution is -0.365. The Morgan fingerprint density at radius 2 is 1.05 bits per heavy atom. The number of aromatic hydroxyl groups is 1. The predicted octanol–water partition coefficient (Wildman–Crippen LogP) is 20.8. The van der Waals surface area contributed by atoms with Gasteiger partial charge in [-0.05, 0) is 210 Å². The number of hydrogen-bond donors (Lipinski definition) is 1. The first kappa shape index (κ1) is 75.9. The maximum atomic E-state index is 13.7. The first-order valence-corrected chi connectivity index (χ1v) is 36.3. The van der Waals surface area contributed by atoms with Crippen molar-refractivity contribution in [3.8, 4) is 23.0 Å². The van der Waals surface area contributed by atoms with Crippen molar-refractivity contribution < 1.29 is 73.0 Å². The zero-order chi connectivity index (χ0) is 69.8. The second kappa shape index (κ2) is 31.8. The van der Waals surface area contributed by atoms with Gasteiger partial charge in [-0.1, -0.05) is 159 Å². The average molecular weight is 1360 g/mol. The van der Waals surface area contributed by atoms with E-state index in [-0.39, 0.29) is 47.6 Å². The minimum absolute atomic E-state index is 0.0812. The average Bonchev–Trinajstić information content (AvgIpc) is 0.949. The molecular weight excluding hydrogens is 1260 g/mol. The van der Waals surface area contributed by atoms with Crippen LogP contribution in [0.25, 0.3) is 0 Å². The predicted molar refractivity (Wildman–Crippen MR) is 361 cm³/mol. The molecule has 12 rings (SSSR count). The highest BCUT2D eigenvalue weighted by molar-refractivity contribution is 7.97. The number of hydrogen-bond acceptors (Lipinski definition) is 10. The van der Waals surface area contributed by atoms with Crippen molar-refractivity contribution in [2.24, 2.45) is 28.6 Å². The van der Waals surface area contributed by atoms with Crippen LogP contribution in [0.15, 0.2) is 172 Å². The van der Waals surface area contributed by atoms with Crippen LogP contribution in [-0.4, -0.2) is 64.9 Å². The first-order valence-electron chi connectivity index (χ1n) is 33.5. The highest BCUT2D eigenvalue weighted by Gasteiger charge is 2.76. The third-order valence-corrected chi connectivity index (χ3v) is 23.1. The smallest absolute Gasteiger partial charge is 0.438 e. The molecule has 6 aromatic rings. The van der Waals surface area contributed by atoms with E-state index in [2.05, 4.69) is 169 Å². The molecule has 1 heterocycles. The molecule has 1 aliphatic heterocycles. The van der Waals surface area contributed by atoms with Gasteiger partial charge in [0, 0.05) is 6.42 Å². The number of carbonyl (C=O) groups is 2. The van der Waals surface area contributed by atoms with Gasteiger partial charge in [-0.15, -0.1) is 0 Å². The van der Waals surface area contributed by atoms with Crippen LogP contribution in [0.2, 0.25) is 0 Å². The fourth-order valence-corrected chi connectivity index (χ4v) is 16.7. The van der Waals surface area contributed by atoms with E-state index in [1.54, 1.807) is 32.9 Å². The molecule has 5 atom stereocenters. The topological polar surface area (TPSA) is 148 Å². The molecule has 0 spiro atoms. The summed E-state index contributed by atoms with van der Waals surface area (Å²) in [7, 11) is -6.22. The van der Waals surface area contributed by atoms with E-state index in [9.17, 15) is 48.9 Å². The van der Waals surface area contributed by atoms with Gasteiger partial charge in [0.1, 0.15) is 33.6 Å². The maximum absolute atomic E-state index is 13.7. The van der Waals surface area contributed by atoms with Crippen LogP contribution in [0.3, 0.4) is 0 Å². The molecule has 5 saturated carbocycles. The molecule has 95 heavy (non-hydrogen) atoms. The molecule has 5 unspecified atom stereocenters. The highest BCUT2D eigenvalue weighted by atomic mass is 32.2. The van der Waals surface area contributed by atoms with Crippen LogP contribution in [-0.2, 0) is 40.1 Å². The minimum Gasteiger partial charge on any atom is -0.748 e. The van der Waals surface area contributed by atoms with Crippen molar-refractivity contribution in [3.05, 3.63) is 174 Å². The van der Waals surface area contributed by atoms with Gasteiger partial charge in [0.2, 0.25) is 9.79 Å². The summed E-state index contributed by atoms with van der Waals surface area (Å²) in [6.07, 6.45) is -3.21. The Morgan fingerprint density at radius 3 is 1.48 bits per heavy atom. The highest BCUT2D eigenvalue weighted by Crippen LogP contribution is 2.64. The second-order valence-electron chi connectivity index (χ2n) is 27.6. The summed E-state index contributed by atoms with van der Waals surface area (Å²) in [5.41, 5.74) is -5.27. The summed E-state index contributed by atoms with van der Waals surface area (Å²) in [4.78, 5) is 29.7. The van der Waals surface area contributed by atoms with Crippen molar-refractivity contribution in [2.45, 2.75) is 228 Å². The van der Waals surface area contributed by atoms with Crippen LogP contribution < -0.4 is 9.47 Å². The Bertz CT molecular complexity index is 3460. The Kier molecular flexibility index (Phi) is 25.4. The van der Waals surface area contributed by atoms with E-state index in [4.69, 9.17) is 19.3 Å². The van der Waals surface area contributed by atoms with Gasteiger partial charge >= 0.3 is 29.9 Å². The summed E-state index contributed by atoms with van der Waals surface area (Å²) in [6, 6.07) is 54.1. The minimum atomic E-state index is -6.43. The molecule has 6 aliphatic rings. The number of phenolic OH excluding ortho intramolecular Hbond substituents is 1. The first-order chi connectivity index (χ1) is 44.7. The van der Waals surface area contributed by atoms with Gasteiger partial charge in [-0.25, -0.2) is 8.42 Å². The summed E-state index contributed by atoms with van der Waals surface area (Å²) >= 11 is 0. The molecule has 0 saturated heterocycles. The van der Waals surface area contributed by atoms with Gasteiger partial charge in [-0.2, -0.15) is 26.3 Å². The number of alkyl halides is 6. The Hall–Kier alpha value is -6.50. The van der Waals surface area contributed by atoms with Gasteiger partial charge in [-0.3, -0.25) is 9.59 Å². The van der Waals surface area contributed by atoms with Gasteiger partial charge in [0.15, 0.2) is 16.4 Å². The van der Waals surface area contributed by atoms with E-state index in [1.165, 1.54) is 69.9 Å². The lowest BCUT2D eigenvalue weighted by Gasteiger charge is -2.60. The van der Waals surface area contributed by atoms with Gasteiger partial charge in [0.05, 0.1) is 26.7 Å². The lowest BCUT2D eigenvalue weighted by Crippen LogP contribution is -2.66. The maximum Gasteiger partial charge on any atom is 0.438 e. The number of rotatable bonds is 17. The third kappa shape index (κ3) is 18.8. The monoisotopic (exact) mass is 1360 g/mol. The molecule has 5 fully saturated rings. The van der Waals surface area contributed by atoms with Crippen molar-refractivity contribution >= 4 is 33.0 Å². The van der Waals surface area contributed by atoms with E-state index in [0.29, 0.717) is 55.1 Å². The quantitative estimate of drug-likeness (QED) is 0.0404. The standard InChI is InChI=1S/C21H28F6O7S.C18H13OS.C18H28O.C10H14O.C10H14/c1-4-16(2,3)14(28)33-18-8-12-5-13(9-18)7-17(6-12,10-18)15(29)34-19(20(22,23)24,21(25,26)27)11-35(30,31)32;1-2-8-14(9-3-1)20-17-12-6-4-10-15(17)19-16-11-5-7-13-18(16)20;1-5-15(4)16-8-10-17(11-9-16)19-18(14(2)3)12-6-7-13-18;1-3-8(2)9-4-6-10(11)7-5-9;1-3-9(2)10-7-5-4-6-8-10/h12-13H,4-11H2,1-3H3,(H,30,31,32);1-13H;8-11,14-15H,5-7,12-13H2,1-4H3;4-8,11H,3H2,1-2H3;4-9H,3H2,1-2H3/q;+1;;;/p-1. The van der Waals surface area contributed by atoms with Crippen LogP contribution >= 0.6 is 0 Å². The van der Waals surface area contributed by atoms with Crippen LogP contribution in [0.5, 0.6) is 23.0 Å². The zero-order valence-electron chi connectivity index (χ0n) is 56.8. The molecule has 0 aromatic heterocycles. The lowest BCUT2D eigenvalue weighted by atomic mass is 9.48. The fraction of sp³-hybridized carbons (Fsp3) is 0.506. The van der Waals surface area contributed by atoms with Crippen molar-refractivity contribution in [2.75, 3.05) is 5.75 Å². The van der Waals surface area contributed by atoms with E-state index in [0.717, 1.165) is 23.7 Å². The summed E-state index contributed by atoms with van der Waals surface area (Å²) in [5.74, 6) is -0.279. The number of para-hydroxylation sites is 2. The van der Waals surface area contributed by atoms with Crippen molar-refractivity contribution in [1.82, 2.24) is 0 Å². The van der Waals surface area contributed by atoms with Crippen molar-refractivity contribution in [1.29, 1.82) is 0 Å². The second-order valence-corrected chi connectivity index (χ2v) is 31.0. The Labute approximate surface area is 562 Å². The van der Waals surface area contributed by atoms with Crippen LogP contribution in [0.4, 0.5) is 26.3 Å². The van der Waals surface area contributed by atoms with E-state index in [1.807, 2.05) is 36.4 Å². The van der Waals surface area contributed by atoms with E-state index < -0.39 is 62.2 Å². The molecule has 5 aliphatic carbocycles. The molecule has 1 N–H and O–H groups in total. The Balaban J connectivity index is 0.000000181. The number of carbonyl (C=O) groups excluding carboxylic acids is 2. The number of halogens is 6. The number of phenols is 1. The molecule has 18 heteroatoms. The molecule has 6 aromatic carbocycles. The number of fused-ring (bicyclic) bond motifs is 2. The zero-order valence-corrected chi connectivity index (χ0v) is 58.4. The number of benzene rings is 6. The third-order valence-electron chi connectivity index (χ3n) is 20.0. The molecule has 0 amide bonds. The van der Waals surface area contributed by atoms with Gasteiger partial charge < -0.3 is 28.6 Å². The van der Waals surface area contributed by atoms with Crippen LogP contribution in [0, 0.1) is 28.6 Å². The van der Waals surface area contributed by atoms with Gasteiger partial charge in [0.25, 0.3) is 0 Å². The molecule has 518 valence electrons. The van der Waals surface area contributed by atoms with Crippen molar-refractivity contribution in [3.63, 3.8) is 0 Å². The van der Waals surface area contributed by atoms with E-state index >= 15 is 0 Å². The summed E-state index contributed by atoms with van der Waals surface area (Å²) < 4.78 is 138. The molecular formula is C77H96F6O10S2. The summed E-state index contributed by atoms with van der Waals surface area (Å²) in [6.45, 7) is 22.9. The fourth-order valence-electron chi connectivity index (χ4n) is 13.6. The van der Waals surface area contributed by atoms with Crippen LogP contribution in [0.1, 0.15) is 200 Å². The molecule has 0 radical (unpaired) electrons.